The first-order chi connectivity index (χ1) is 10.7. The zero-order valence-electron chi connectivity index (χ0n) is 12.7. The molecule has 22 heavy (non-hydrogen) atoms. The molecule has 0 aromatic heterocycles. The van der Waals surface area contributed by atoms with E-state index >= 15 is 0 Å². The van der Waals surface area contributed by atoms with Gasteiger partial charge in [0.25, 0.3) is 0 Å². The molecule has 2 aliphatic heterocycles. The van der Waals surface area contributed by atoms with Crippen LogP contribution in [0.2, 0.25) is 0 Å². The van der Waals surface area contributed by atoms with Crippen molar-refractivity contribution in [2.24, 2.45) is 16.5 Å². The van der Waals surface area contributed by atoms with E-state index in [9.17, 15) is 0 Å². The fourth-order valence-electron chi connectivity index (χ4n) is 2.78. The van der Waals surface area contributed by atoms with Gasteiger partial charge >= 0.3 is 0 Å². The molecule has 0 aliphatic carbocycles. The molecule has 1 fully saturated rings. The Labute approximate surface area is 130 Å². The van der Waals surface area contributed by atoms with Crippen LogP contribution in [0.5, 0.6) is 5.75 Å². The molecule has 5 N–H and O–H groups in total. The molecule has 1 aromatic rings. The van der Waals surface area contributed by atoms with E-state index in [-0.39, 0.29) is 0 Å². The first-order valence-corrected chi connectivity index (χ1v) is 7.70. The highest BCUT2D eigenvalue weighted by molar-refractivity contribution is 5.92. The predicted octanol–water partition coefficient (Wildman–Crippen LogP) is 0.704. The van der Waals surface area contributed by atoms with Gasteiger partial charge in [-0.3, -0.25) is 10.6 Å². The summed E-state index contributed by atoms with van der Waals surface area (Å²) in [5.41, 5.74) is 12.8. The van der Waals surface area contributed by atoms with E-state index in [1.165, 1.54) is 25.9 Å². The number of aliphatic imine (C=N–C) groups is 1. The van der Waals surface area contributed by atoms with E-state index in [4.69, 9.17) is 16.2 Å². The van der Waals surface area contributed by atoms with Crippen LogP contribution in [0, 0.1) is 0 Å². The lowest BCUT2D eigenvalue weighted by Gasteiger charge is -2.28. The van der Waals surface area contributed by atoms with Crippen LogP contribution in [0.4, 0.5) is 0 Å². The predicted molar refractivity (Wildman–Crippen MR) is 87.4 cm³/mol. The van der Waals surface area contributed by atoms with Crippen LogP contribution in [-0.2, 0) is 5.79 Å². The van der Waals surface area contributed by atoms with Crippen molar-refractivity contribution in [2.75, 3.05) is 26.2 Å². The average Bonchev–Trinajstić information content (AvgIpc) is 3.01. The van der Waals surface area contributed by atoms with E-state index in [1.54, 1.807) is 12.3 Å². The van der Waals surface area contributed by atoms with E-state index in [1.807, 2.05) is 24.3 Å². The molecule has 3 rings (SSSR count). The Hall–Kier alpha value is -2.05. The molecule has 1 unspecified atom stereocenters. The second kappa shape index (κ2) is 6.37. The number of nitrogens with two attached hydrogens (primary N) is 2. The Balaban J connectivity index is 1.57. The van der Waals surface area contributed by atoms with Crippen LogP contribution in [0.25, 0.3) is 0 Å². The molecule has 2 heterocycles. The number of likely N-dealkylation sites (tertiary alicyclic amines) is 1. The lowest BCUT2D eigenvalue weighted by molar-refractivity contribution is 0.237. The number of nitrogens with zero attached hydrogens (tertiary/aromatic N) is 2. The molecule has 1 saturated heterocycles. The van der Waals surface area contributed by atoms with E-state index in [0.29, 0.717) is 12.4 Å². The maximum atomic E-state index is 6.23. The van der Waals surface area contributed by atoms with Gasteiger partial charge < -0.3 is 15.8 Å². The van der Waals surface area contributed by atoms with Gasteiger partial charge in [0.1, 0.15) is 18.2 Å². The topological polar surface area (TPSA) is 88.9 Å². The van der Waals surface area contributed by atoms with Crippen molar-refractivity contribution in [1.82, 2.24) is 10.2 Å². The second-order valence-corrected chi connectivity index (χ2v) is 5.70. The fourth-order valence-corrected chi connectivity index (χ4v) is 2.78. The highest BCUT2D eigenvalue weighted by Gasteiger charge is 2.27. The van der Waals surface area contributed by atoms with Crippen LogP contribution in [0.3, 0.4) is 0 Å². The third kappa shape index (κ3) is 3.40. The number of nitrogens with one attached hydrogen (secondary N) is 1. The van der Waals surface area contributed by atoms with E-state index < -0.39 is 5.79 Å². The Morgan fingerprint density at radius 1 is 1.23 bits per heavy atom. The molecule has 0 saturated carbocycles. The molecule has 0 bridgehead atoms. The van der Waals surface area contributed by atoms with Crippen LogP contribution < -0.4 is 21.5 Å². The van der Waals surface area contributed by atoms with Crippen LogP contribution in [0.15, 0.2) is 41.5 Å². The average molecular weight is 301 g/mol. The quantitative estimate of drug-likeness (QED) is 0.745. The molecular formula is C16H23N5O. The number of amidine groups is 1. The largest absolute Gasteiger partial charge is 0.492 e. The SMILES string of the molecule is NC1=NC(N)(c2ccc(OCCN3CCCC3)cc2)NC=C1. The summed E-state index contributed by atoms with van der Waals surface area (Å²) in [6.45, 7) is 4.07. The molecule has 0 spiro atoms. The highest BCUT2D eigenvalue weighted by Crippen LogP contribution is 2.22. The third-order valence-electron chi connectivity index (χ3n) is 4.03. The van der Waals surface area contributed by atoms with Crippen molar-refractivity contribution in [3.63, 3.8) is 0 Å². The van der Waals surface area contributed by atoms with Crippen molar-refractivity contribution in [3.8, 4) is 5.75 Å². The lowest BCUT2D eigenvalue weighted by atomic mass is 10.1. The Morgan fingerprint density at radius 3 is 2.64 bits per heavy atom. The number of benzene rings is 1. The zero-order chi connectivity index (χ0) is 15.4. The van der Waals surface area contributed by atoms with Gasteiger partial charge in [0, 0.05) is 18.3 Å². The molecule has 1 atom stereocenters. The Morgan fingerprint density at radius 2 is 1.95 bits per heavy atom. The zero-order valence-corrected chi connectivity index (χ0v) is 12.7. The third-order valence-corrected chi connectivity index (χ3v) is 4.03. The maximum absolute atomic E-state index is 6.23. The van der Waals surface area contributed by atoms with Gasteiger partial charge in [-0.15, -0.1) is 0 Å². The normalized spacial score (nSPS) is 24.9. The van der Waals surface area contributed by atoms with Gasteiger partial charge in [0.15, 0.2) is 0 Å². The summed E-state index contributed by atoms with van der Waals surface area (Å²) in [6.07, 6.45) is 6.00. The van der Waals surface area contributed by atoms with Crippen LogP contribution >= 0.6 is 0 Å². The molecule has 118 valence electrons. The molecule has 1 aromatic carbocycles. The van der Waals surface area contributed by atoms with E-state index in [0.717, 1.165) is 17.9 Å². The van der Waals surface area contributed by atoms with Gasteiger partial charge in [-0.1, -0.05) is 0 Å². The number of rotatable bonds is 5. The van der Waals surface area contributed by atoms with Crippen LogP contribution in [0.1, 0.15) is 18.4 Å². The standard InChI is InChI=1S/C16H23N5O/c17-15-7-8-19-16(18,20-15)13-3-5-14(6-4-13)22-12-11-21-9-1-2-10-21/h3-8,19H,1-2,9-12,18H2,(H2,17,20). The first kappa shape index (κ1) is 14.9. The number of hydrogen-bond acceptors (Lipinski definition) is 6. The number of ether oxygens (including phenoxy) is 1. The van der Waals surface area contributed by atoms with E-state index in [2.05, 4.69) is 15.2 Å². The summed E-state index contributed by atoms with van der Waals surface area (Å²) in [4.78, 5) is 6.68. The van der Waals surface area contributed by atoms with Crippen molar-refractivity contribution in [1.29, 1.82) is 0 Å². The first-order valence-electron chi connectivity index (χ1n) is 7.70. The van der Waals surface area contributed by atoms with Crippen molar-refractivity contribution < 1.29 is 4.74 Å². The highest BCUT2D eigenvalue weighted by atomic mass is 16.5. The minimum absolute atomic E-state index is 0.409. The molecule has 6 nitrogen and oxygen atoms in total. The monoisotopic (exact) mass is 301 g/mol. The van der Waals surface area contributed by atoms with Gasteiger partial charge in [-0.2, -0.15) is 0 Å². The molecule has 6 heteroatoms. The van der Waals surface area contributed by atoms with Gasteiger partial charge in [0.05, 0.1) is 0 Å². The second-order valence-electron chi connectivity index (χ2n) is 5.70. The summed E-state index contributed by atoms with van der Waals surface area (Å²) in [5, 5.41) is 3.02. The number of hydrogen-bond donors (Lipinski definition) is 3. The summed E-state index contributed by atoms with van der Waals surface area (Å²) in [5.74, 6) is 0.245. The van der Waals surface area contributed by atoms with Gasteiger partial charge in [0.2, 0.25) is 5.79 Å². The van der Waals surface area contributed by atoms with Crippen LogP contribution in [-0.4, -0.2) is 37.0 Å². The summed E-state index contributed by atoms with van der Waals surface area (Å²) < 4.78 is 5.79. The van der Waals surface area contributed by atoms with Crippen molar-refractivity contribution in [3.05, 3.63) is 42.1 Å². The molecule has 0 radical (unpaired) electrons. The smallest absolute Gasteiger partial charge is 0.211 e. The fraction of sp³-hybridized carbons (Fsp3) is 0.438. The van der Waals surface area contributed by atoms with Gasteiger partial charge in [-0.05, 0) is 56.3 Å². The summed E-state index contributed by atoms with van der Waals surface area (Å²) in [6, 6.07) is 7.65. The summed E-state index contributed by atoms with van der Waals surface area (Å²) in [7, 11) is 0. The molecule has 2 aliphatic rings. The Bertz CT molecular complexity index is 562. The van der Waals surface area contributed by atoms with Crippen molar-refractivity contribution in [2.45, 2.75) is 18.6 Å². The summed E-state index contributed by atoms with van der Waals surface area (Å²) >= 11 is 0. The molecule has 0 amide bonds. The minimum Gasteiger partial charge on any atom is -0.492 e. The van der Waals surface area contributed by atoms with Crippen molar-refractivity contribution >= 4 is 5.84 Å². The minimum atomic E-state index is -1.01. The lowest BCUT2D eigenvalue weighted by Crippen LogP contribution is -2.49. The molecular weight excluding hydrogens is 278 g/mol. The maximum Gasteiger partial charge on any atom is 0.211 e. The Kier molecular flexibility index (Phi) is 4.31. The van der Waals surface area contributed by atoms with Gasteiger partial charge in [-0.25, -0.2) is 4.99 Å².